The number of amides is 1. The summed E-state index contributed by atoms with van der Waals surface area (Å²) in [6.07, 6.45) is 5.73. The molecule has 2 aromatic heterocycles. The number of carbonyl (C=O) groups is 2. The molecule has 1 aliphatic rings. The van der Waals surface area contributed by atoms with Crippen molar-refractivity contribution in [2.75, 3.05) is 27.2 Å². The summed E-state index contributed by atoms with van der Waals surface area (Å²) >= 11 is 0. The molecule has 0 fully saturated rings. The van der Waals surface area contributed by atoms with Crippen LogP contribution < -0.4 is 0 Å². The van der Waals surface area contributed by atoms with E-state index in [1.807, 2.05) is 36.7 Å². The Balaban J connectivity index is 1.37. The molecule has 2 aromatic carbocycles. The summed E-state index contributed by atoms with van der Waals surface area (Å²) in [5, 5.41) is 9.45. The van der Waals surface area contributed by atoms with Gasteiger partial charge in [-0.25, -0.2) is 9.97 Å². The highest BCUT2D eigenvalue weighted by molar-refractivity contribution is 5.96. The van der Waals surface area contributed by atoms with E-state index < -0.39 is 6.10 Å². The summed E-state index contributed by atoms with van der Waals surface area (Å²) in [5.74, 6) is 0.179. The Morgan fingerprint density at radius 3 is 2.62 bits per heavy atom. The van der Waals surface area contributed by atoms with Crippen molar-refractivity contribution >= 4 is 22.9 Å². The average molecular weight is 540 g/mol. The topological polar surface area (TPSA) is 102 Å². The summed E-state index contributed by atoms with van der Waals surface area (Å²) in [4.78, 5) is 41.4. The third-order valence-electron chi connectivity index (χ3n) is 7.71. The van der Waals surface area contributed by atoms with E-state index in [9.17, 15) is 14.7 Å². The highest BCUT2D eigenvalue weighted by Crippen LogP contribution is 2.32. The van der Waals surface area contributed by atoms with Crippen molar-refractivity contribution in [2.24, 2.45) is 0 Å². The lowest BCUT2D eigenvalue weighted by atomic mass is 9.92. The number of aromatic nitrogens is 3. The molecule has 208 valence electrons. The number of hydrogen-bond acceptors (Lipinski definition) is 6. The van der Waals surface area contributed by atoms with Crippen LogP contribution in [-0.2, 0) is 17.8 Å². The number of aromatic amines is 1. The molecule has 0 spiro atoms. The second-order valence-electron chi connectivity index (χ2n) is 11.1. The number of rotatable bonds is 9. The van der Waals surface area contributed by atoms with Crippen molar-refractivity contribution in [3.63, 3.8) is 0 Å². The summed E-state index contributed by atoms with van der Waals surface area (Å²) in [5.41, 5.74) is 9.79. The SMILES string of the molecule is Cc1cc(-c2cnc3[nH]cc(-c4ccc(C(=O)N(C)C)cc4)c3n2)cc2c1CCN(CCC(=O)CC[C@H](C)O)C2. The molecule has 3 heterocycles. The third-order valence-corrected chi connectivity index (χ3v) is 7.71. The van der Waals surface area contributed by atoms with E-state index in [0.29, 0.717) is 30.5 Å². The van der Waals surface area contributed by atoms with E-state index in [0.717, 1.165) is 54.0 Å². The smallest absolute Gasteiger partial charge is 0.253 e. The minimum absolute atomic E-state index is 0.0307. The predicted molar refractivity (Wildman–Crippen MR) is 157 cm³/mol. The molecule has 0 saturated heterocycles. The fourth-order valence-electron chi connectivity index (χ4n) is 5.40. The van der Waals surface area contributed by atoms with Crippen molar-refractivity contribution in [3.05, 3.63) is 71.0 Å². The van der Waals surface area contributed by atoms with Crippen molar-refractivity contribution in [3.8, 4) is 22.4 Å². The second kappa shape index (κ2) is 11.7. The zero-order chi connectivity index (χ0) is 28.4. The Kier molecular flexibility index (Phi) is 8.09. The molecule has 8 heteroatoms. The van der Waals surface area contributed by atoms with Gasteiger partial charge in [0.25, 0.3) is 5.91 Å². The number of aryl methyl sites for hydroxylation is 1. The Morgan fingerprint density at radius 1 is 1.12 bits per heavy atom. The molecule has 4 aromatic rings. The number of H-pyrrole nitrogens is 1. The molecule has 2 N–H and O–H groups in total. The van der Waals surface area contributed by atoms with Gasteiger partial charge in [-0.3, -0.25) is 14.5 Å². The number of aliphatic hydroxyl groups excluding tert-OH is 1. The van der Waals surface area contributed by atoms with Gasteiger partial charge < -0.3 is 15.0 Å². The summed E-state index contributed by atoms with van der Waals surface area (Å²) in [7, 11) is 3.49. The maximum atomic E-state index is 12.3. The molecular weight excluding hydrogens is 502 g/mol. The number of benzene rings is 2. The molecule has 0 radical (unpaired) electrons. The first-order valence-electron chi connectivity index (χ1n) is 13.9. The lowest BCUT2D eigenvalue weighted by Gasteiger charge is -2.30. The number of hydrogen-bond donors (Lipinski definition) is 2. The molecule has 40 heavy (non-hydrogen) atoms. The van der Waals surface area contributed by atoms with Crippen LogP contribution in [0.1, 0.15) is 53.2 Å². The largest absolute Gasteiger partial charge is 0.393 e. The number of carbonyl (C=O) groups excluding carboxylic acids is 2. The predicted octanol–water partition coefficient (Wildman–Crippen LogP) is 4.78. The van der Waals surface area contributed by atoms with Gasteiger partial charge in [-0.1, -0.05) is 12.1 Å². The van der Waals surface area contributed by atoms with E-state index in [4.69, 9.17) is 4.98 Å². The average Bonchev–Trinajstić information content (AvgIpc) is 3.37. The number of Topliss-reactive ketones (excluding diaryl/α,β-unsaturated/α-hetero) is 1. The van der Waals surface area contributed by atoms with Gasteiger partial charge in [-0.15, -0.1) is 0 Å². The van der Waals surface area contributed by atoms with E-state index in [1.54, 1.807) is 25.9 Å². The lowest BCUT2D eigenvalue weighted by molar-refractivity contribution is -0.120. The van der Waals surface area contributed by atoms with Gasteiger partial charge in [-0.05, 0) is 73.2 Å². The number of fused-ring (bicyclic) bond motifs is 2. The highest BCUT2D eigenvalue weighted by Gasteiger charge is 2.21. The van der Waals surface area contributed by atoms with E-state index in [2.05, 4.69) is 33.9 Å². The van der Waals surface area contributed by atoms with Gasteiger partial charge in [-0.2, -0.15) is 0 Å². The monoisotopic (exact) mass is 539 g/mol. The maximum Gasteiger partial charge on any atom is 0.253 e. The van der Waals surface area contributed by atoms with Crippen LogP contribution in [0, 0.1) is 6.92 Å². The van der Waals surface area contributed by atoms with Crippen LogP contribution >= 0.6 is 0 Å². The Hall–Kier alpha value is -3.88. The maximum absolute atomic E-state index is 12.3. The molecular formula is C32H37N5O3. The zero-order valence-corrected chi connectivity index (χ0v) is 23.7. The molecule has 0 unspecified atom stereocenters. The van der Waals surface area contributed by atoms with E-state index in [-0.39, 0.29) is 11.7 Å². The van der Waals surface area contributed by atoms with Crippen molar-refractivity contribution in [1.29, 1.82) is 0 Å². The summed E-state index contributed by atoms with van der Waals surface area (Å²) < 4.78 is 0. The fraction of sp³-hybridized carbons (Fsp3) is 0.375. The van der Waals surface area contributed by atoms with Crippen LogP contribution in [0.25, 0.3) is 33.5 Å². The van der Waals surface area contributed by atoms with E-state index in [1.165, 1.54) is 16.7 Å². The van der Waals surface area contributed by atoms with Gasteiger partial charge in [0.1, 0.15) is 11.3 Å². The fourth-order valence-corrected chi connectivity index (χ4v) is 5.40. The number of aliphatic hydroxyl groups is 1. The second-order valence-corrected chi connectivity index (χ2v) is 11.1. The van der Waals surface area contributed by atoms with Gasteiger partial charge in [0.05, 0.1) is 18.0 Å². The van der Waals surface area contributed by atoms with Gasteiger partial charge in [0.15, 0.2) is 5.65 Å². The summed E-state index contributed by atoms with van der Waals surface area (Å²) in [6.45, 7) is 6.35. The van der Waals surface area contributed by atoms with Crippen LogP contribution in [0.4, 0.5) is 0 Å². The first-order valence-corrected chi connectivity index (χ1v) is 13.9. The van der Waals surface area contributed by atoms with Crippen LogP contribution in [0.2, 0.25) is 0 Å². The summed E-state index contributed by atoms with van der Waals surface area (Å²) in [6, 6.07) is 12.0. The number of nitrogens with zero attached hydrogens (tertiary/aromatic N) is 4. The Bertz CT molecular complexity index is 1540. The molecule has 0 bridgehead atoms. The molecule has 1 amide bonds. The van der Waals surface area contributed by atoms with E-state index >= 15 is 0 Å². The van der Waals surface area contributed by atoms with Gasteiger partial charge in [0.2, 0.25) is 0 Å². The first-order chi connectivity index (χ1) is 19.2. The van der Waals surface area contributed by atoms with Crippen LogP contribution in [0.15, 0.2) is 48.8 Å². The minimum Gasteiger partial charge on any atom is -0.393 e. The van der Waals surface area contributed by atoms with Crippen molar-refractivity contribution in [2.45, 2.75) is 52.2 Å². The lowest BCUT2D eigenvalue weighted by Crippen LogP contribution is -2.32. The number of nitrogens with one attached hydrogen (secondary N) is 1. The molecule has 5 rings (SSSR count). The third kappa shape index (κ3) is 5.98. The zero-order valence-electron chi connectivity index (χ0n) is 23.7. The van der Waals surface area contributed by atoms with Crippen molar-refractivity contribution in [1.82, 2.24) is 24.8 Å². The van der Waals surface area contributed by atoms with Crippen LogP contribution in [0.3, 0.4) is 0 Å². The standard InChI is InChI=1S/C32H37N5O3/c1-20-15-24(16-25-19-37(14-12-27(20)25)13-11-26(39)10-5-21(2)38)29-18-34-31-30(35-29)28(17-33-31)22-6-8-23(9-7-22)32(40)36(3)4/h6-9,15-18,21,38H,5,10-14,19H2,1-4H3,(H,33,34)/t21-/m0/s1. The minimum atomic E-state index is -0.434. The molecule has 8 nitrogen and oxygen atoms in total. The molecule has 1 atom stereocenters. The van der Waals surface area contributed by atoms with Crippen LogP contribution in [0.5, 0.6) is 0 Å². The van der Waals surface area contributed by atoms with Crippen molar-refractivity contribution < 1.29 is 14.7 Å². The first kappa shape index (κ1) is 27.7. The molecule has 0 aliphatic carbocycles. The molecule has 0 saturated carbocycles. The number of ketones is 1. The molecule has 1 aliphatic heterocycles. The van der Waals surface area contributed by atoms with Crippen LogP contribution in [-0.4, -0.2) is 74.8 Å². The normalized spacial score (nSPS) is 14.2. The quantitative estimate of drug-likeness (QED) is 0.317. The van der Waals surface area contributed by atoms with Gasteiger partial charge in [0, 0.05) is 69.5 Å². The Morgan fingerprint density at radius 2 is 1.90 bits per heavy atom. The highest BCUT2D eigenvalue weighted by atomic mass is 16.3. The Labute approximate surface area is 235 Å². The van der Waals surface area contributed by atoms with Gasteiger partial charge >= 0.3 is 0 Å².